The van der Waals surface area contributed by atoms with Gasteiger partial charge in [0.05, 0.1) is 26.5 Å². The van der Waals surface area contributed by atoms with E-state index >= 15 is 0 Å². The van der Waals surface area contributed by atoms with Gasteiger partial charge in [0.25, 0.3) is 0 Å². The number of rotatable bonds is 5. The van der Waals surface area contributed by atoms with Crippen LogP contribution in [-0.2, 0) is 11.3 Å². The number of pyridine rings is 1. The van der Waals surface area contributed by atoms with Crippen molar-refractivity contribution in [2.75, 3.05) is 20.0 Å². The molecule has 0 amide bonds. The lowest BCUT2D eigenvalue weighted by molar-refractivity contribution is 0.0604. The van der Waals surface area contributed by atoms with Crippen LogP contribution in [0.1, 0.15) is 38.3 Å². The summed E-state index contributed by atoms with van der Waals surface area (Å²) in [6.45, 7) is 7.68. The Morgan fingerprint density at radius 3 is 2.53 bits per heavy atom. The Morgan fingerprint density at radius 1 is 1.23 bits per heavy atom. The third-order valence-corrected chi connectivity index (χ3v) is 5.46. The number of nitrogens with two attached hydrogens (primary N) is 1. The number of aryl methyl sites for hydroxylation is 2. The topological polar surface area (TPSA) is 128 Å². The van der Waals surface area contributed by atoms with Gasteiger partial charge in [-0.05, 0) is 56.0 Å². The number of benzene rings is 1. The van der Waals surface area contributed by atoms with Crippen molar-refractivity contribution in [1.29, 1.82) is 0 Å². The molecule has 0 aliphatic rings. The van der Waals surface area contributed by atoms with E-state index in [9.17, 15) is 4.79 Å². The maximum atomic E-state index is 12.7. The fourth-order valence-corrected chi connectivity index (χ4v) is 3.84. The highest BCUT2D eigenvalue weighted by atomic mass is 16.5. The average Bonchev–Trinajstić information content (AvgIpc) is 3.00. The number of aromatic nitrogens is 2. The first-order valence-corrected chi connectivity index (χ1v) is 9.32. The van der Waals surface area contributed by atoms with Crippen molar-refractivity contribution in [3.63, 3.8) is 0 Å². The van der Waals surface area contributed by atoms with Gasteiger partial charge in [0.15, 0.2) is 0 Å². The number of hydrogen-bond acceptors (Lipinski definition) is 6. The largest absolute Gasteiger partial charge is 0.496 e. The first-order chi connectivity index (χ1) is 14.3. The van der Waals surface area contributed by atoms with Crippen LogP contribution in [0.4, 0.5) is 5.82 Å². The predicted octanol–water partition coefficient (Wildman–Crippen LogP) is 4.45. The lowest BCUT2D eigenvalue weighted by atomic mass is 10.0. The van der Waals surface area contributed by atoms with Gasteiger partial charge in [-0.1, -0.05) is 11.2 Å². The van der Waals surface area contributed by atoms with Gasteiger partial charge in [-0.25, -0.2) is 9.78 Å². The Kier molecular flexibility index (Phi) is 5.58. The van der Waals surface area contributed by atoms with Crippen molar-refractivity contribution >= 4 is 22.8 Å². The number of hydrogen-bond donors (Lipinski definition) is 1. The van der Waals surface area contributed by atoms with Crippen LogP contribution in [0, 0.1) is 27.7 Å². The number of anilines is 1. The summed E-state index contributed by atoms with van der Waals surface area (Å²) in [6, 6.07) is 3.80. The van der Waals surface area contributed by atoms with Crippen LogP contribution in [-0.4, -0.2) is 29.7 Å². The lowest BCUT2D eigenvalue weighted by Crippen LogP contribution is -2.09. The van der Waals surface area contributed by atoms with Crippen molar-refractivity contribution in [2.45, 2.75) is 34.2 Å². The van der Waals surface area contributed by atoms with E-state index in [2.05, 4.69) is 10.0 Å². The van der Waals surface area contributed by atoms with Crippen LogP contribution in [0.25, 0.3) is 27.2 Å². The number of methoxy groups -OCH3 is 2. The Hall–Kier alpha value is -3.71. The van der Waals surface area contributed by atoms with Gasteiger partial charge < -0.3 is 15.2 Å². The van der Waals surface area contributed by atoms with E-state index in [1.54, 1.807) is 11.7 Å². The van der Waals surface area contributed by atoms with Crippen LogP contribution in [0.2, 0.25) is 0 Å². The summed E-state index contributed by atoms with van der Waals surface area (Å²) in [7, 11) is 2.90. The van der Waals surface area contributed by atoms with Gasteiger partial charge in [0, 0.05) is 21.6 Å². The number of azide groups is 1. The zero-order valence-electron chi connectivity index (χ0n) is 17.9. The first kappa shape index (κ1) is 21.0. The van der Waals surface area contributed by atoms with Crippen molar-refractivity contribution in [3.05, 3.63) is 56.1 Å². The summed E-state index contributed by atoms with van der Waals surface area (Å²) in [5.74, 6) is 0.312. The highest BCUT2D eigenvalue weighted by Gasteiger charge is 2.28. The minimum Gasteiger partial charge on any atom is -0.496 e. The molecule has 2 N–H and O–H groups in total. The van der Waals surface area contributed by atoms with Crippen LogP contribution in [0.5, 0.6) is 5.75 Å². The maximum absolute atomic E-state index is 12.7. The Bertz CT molecular complexity index is 1220. The summed E-state index contributed by atoms with van der Waals surface area (Å²) in [6.07, 6.45) is 0. The van der Waals surface area contributed by atoms with Gasteiger partial charge in [0.1, 0.15) is 22.8 Å². The third-order valence-electron chi connectivity index (χ3n) is 5.46. The average molecular weight is 408 g/mol. The molecule has 9 nitrogen and oxygen atoms in total. The lowest BCUT2D eigenvalue weighted by Gasteiger charge is -2.17. The molecule has 3 rings (SSSR count). The SMILES string of the molecule is COC(=O)c1c(N)n(-c2c(C)ccc(OC)c2C)c2nc(C)c(C)c(CN=[N+]=[N-])c12. The van der Waals surface area contributed by atoms with Gasteiger partial charge in [0.2, 0.25) is 0 Å². The molecule has 30 heavy (non-hydrogen) atoms. The number of nitrogens with zero attached hydrogens (tertiary/aromatic N) is 5. The smallest absolute Gasteiger partial charge is 0.342 e. The van der Waals surface area contributed by atoms with E-state index in [0.29, 0.717) is 22.3 Å². The molecule has 0 unspecified atom stereocenters. The number of nitrogen functional groups attached to an aromatic ring is 1. The van der Waals surface area contributed by atoms with Crippen molar-refractivity contribution < 1.29 is 14.3 Å². The van der Waals surface area contributed by atoms with E-state index < -0.39 is 5.97 Å². The zero-order chi connectivity index (χ0) is 22.2. The van der Waals surface area contributed by atoms with Crippen molar-refractivity contribution in [1.82, 2.24) is 9.55 Å². The number of ether oxygens (including phenoxy) is 2. The number of carbonyl (C=O) groups is 1. The molecular weight excluding hydrogens is 384 g/mol. The summed E-state index contributed by atoms with van der Waals surface area (Å²) in [5, 5.41) is 4.25. The normalized spacial score (nSPS) is 10.7. The molecule has 2 aromatic heterocycles. The molecule has 0 spiro atoms. The van der Waals surface area contributed by atoms with E-state index in [1.165, 1.54) is 7.11 Å². The molecule has 0 aliphatic heterocycles. The van der Waals surface area contributed by atoms with Gasteiger partial charge in [-0.2, -0.15) is 0 Å². The molecule has 0 saturated heterocycles. The van der Waals surface area contributed by atoms with E-state index in [1.807, 2.05) is 39.8 Å². The molecule has 0 atom stereocenters. The first-order valence-electron chi connectivity index (χ1n) is 9.32. The molecule has 1 aromatic carbocycles. The minimum absolute atomic E-state index is 0.0612. The Labute approximate surface area is 174 Å². The highest BCUT2D eigenvalue weighted by molar-refractivity contribution is 6.10. The molecule has 0 saturated carbocycles. The van der Waals surface area contributed by atoms with Gasteiger partial charge >= 0.3 is 5.97 Å². The summed E-state index contributed by atoms with van der Waals surface area (Å²) in [4.78, 5) is 20.4. The summed E-state index contributed by atoms with van der Waals surface area (Å²) < 4.78 is 12.3. The highest BCUT2D eigenvalue weighted by Crippen LogP contribution is 2.39. The zero-order valence-corrected chi connectivity index (χ0v) is 17.9. The fourth-order valence-electron chi connectivity index (χ4n) is 3.84. The summed E-state index contributed by atoms with van der Waals surface area (Å²) >= 11 is 0. The minimum atomic E-state index is -0.582. The van der Waals surface area contributed by atoms with Crippen LogP contribution < -0.4 is 10.5 Å². The Balaban J connectivity index is 2.58. The molecule has 0 radical (unpaired) electrons. The predicted molar refractivity (Wildman–Crippen MR) is 115 cm³/mol. The number of esters is 1. The second kappa shape index (κ2) is 7.96. The molecule has 9 heteroatoms. The second-order valence-electron chi connectivity index (χ2n) is 7.03. The Morgan fingerprint density at radius 2 is 1.93 bits per heavy atom. The van der Waals surface area contributed by atoms with Crippen LogP contribution >= 0.6 is 0 Å². The van der Waals surface area contributed by atoms with Crippen molar-refractivity contribution in [3.8, 4) is 11.4 Å². The number of carbonyl (C=O) groups excluding carboxylic acids is 1. The van der Waals surface area contributed by atoms with E-state index in [0.717, 1.165) is 28.1 Å². The summed E-state index contributed by atoms with van der Waals surface area (Å²) in [5.41, 5.74) is 20.9. The molecule has 0 aliphatic carbocycles. The van der Waals surface area contributed by atoms with Gasteiger partial charge in [-0.3, -0.25) is 4.57 Å². The second-order valence-corrected chi connectivity index (χ2v) is 7.03. The van der Waals surface area contributed by atoms with E-state index in [4.69, 9.17) is 25.7 Å². The van der Waals surface area contributed by atoms with Crippen LogP contribution in [0.3, 0.4) is 0 Å². The molecule has 0 fully saturated rings. The molecule has 156 valence electrons. The monoisotopic (exact) mass is 408 g/mol. The van der Waals surface area contributed by atoms with E-state index in [-0.39, 0.29) is 17.9 Å². The third kappa shape index (κ3) is 3.09. The fraction of sp³-hybridized carbons (Fsp3) is 0.333. The molecule has 2 heterocycles. The standard InChI is InChI=1S/C21H24N6O3/c1-10-7-8-15(29-5)12(3)18(10)27-19(22)17(21(28)30-6)16-14(9-24-26-23)11(2)13(4)25-20(16)27/h7-8H,9,22H2,1-6H3. The maximum Gasteiger partial charge on any atom is 0.342 e. The molecule has 0 bridgehead atoms. The van der Waals surface area contributed by atoms with Crippen molar-refractivity contribution in [2.24, 2.45) is 5.11 Å². The van der Waals surface area contributed by atoms with Gasteiger partial charge in [-0.15, -0.1) is 0 Å². The molecular formula is C21H24N6O3. The quantitative estimate of drug-likeness (QED) is 0.289. The van der Waals surface area contributed by atoms with Crippen LogP contribution in [0.15, 0.2) is 17.2 Å². The molecule has 3 aromatic rings. The number of fused-ring (bicyclic) bond motifs is 1.